The van der Waals surface area contributed by atoms with Crippen LogP contribution in [0, 0.1) is 5.92 Å². The molecule has 2 aliphatic rings. The molecule has 4 nitrogen and oxygen atoms in total. The van der Waals surface area contributed by atoms with Crippen molar-refractivity contribution in [3.8, 4) is 0 Å². The smallest absolute Gasteiger partial charge is 0.325 e. The lowest BCUT2D eigenvalue weighted by atomic mass is 9.98. The number of ether oxygens (including phenoxy) is 1. The molecule has 2 rings (SSSR count). The summed E-state index contributed by atoms with van der Waals surface area (Å²) in [6.45, 7) is 2.28. The van der Waals surface area contributed by atoms with Gasteiger partial charge in [-0.2, -0.15) is 0 Å². The van der Waals surface area contributed by atoms with Crippen molar-refractivity contribution in [2.24, 2.45) is 11.7 Å². The third-order valence-electron chi connectivity index (χ3n) is 4.64. The predicted molar refractivity (Wildman–Crippen MR) is 66.5 cm³/mol. The van der Waals surface area contributed by atoms with Gasteiger partial charge >= 0.3 is 5.97 Å². The fourth-order valence-corrected chi connectivity index (χ4v) is 3.03. The molecular formula is C13H24N2O2. The third kappa shape index (κ3) is 2.47. The van der Waals surface area contributed by atoms with E-state index in [4.69, 9.17) is 10.5 Å². The molecule has 0 bridgehead atoms. The zero-order chi connectivity index (χ0) is 12.6. The van der Waals surface area contributed by atoms with Crippen LogP contribution in [0.2, 0.25) is 0 Å². The normalized spacial score (nSPS) is 35.0. The van der Waals surface area contributed by atoms with Crippen LogP contribution >= 0.6 is 0 Å². The molecule has 3 unspecified atom stereocenters. The monoisotopic (exact) mass is 240 g/mol. The summed E-state index contributed by atoms with van der Waals surface area (Å²) < 4.78 is 4.80. The minimum Gasteiger partial charge on any atom is -0.468 e. The summed E-state index contributed by atoms with van der Waals surface area (Å²) in [7, 11) is 3.58. The summed E-state index contributed by atoms with van der Waals surface area (Å²) in [5.74, 6) is 0.596. The summed E-state index contributed by atoms with van der Waals surface area (Å²) >= 11 is 0. The van der Waals surface area contributed by atoms with Crippen molar-refractivity contribution in [1.29, 1.82) is 0 Å². The standard InChI is InChI=1S/C13H24N2O2/c1-9(10-4-5-10)15(2)11-6-7-13(14,8-11)12(16)17-3/h9-11H,4-8,14H2,1-3H3. The molecule has 0 aliphatic heterocycles. The summed E-state index contributed by atoms with van der Waals surface area (Å²) in [5, 5.41) is 0. The Hall–Kier alpha value is -0.610. The Kier molecular flexibility index (Phi) is 3.46. The Morgan fingerprint density at radius 3 is 2.65 bits per heavy atom. The molecule has 0 aromatic rings. The summed E-state index contributed by atoms with van der Waals surface area (Å²) in [5.41, 5.74) is 5.38. The first-order valence-corrected chi connectivity index (χ1v) is 6.57. The van der Waals surface area contributed by atoms with Gasteiger partial charge in [0.05, 0.1) is 7.11 Å². The Labute approximate surface area is 103 Å². The fourth-order valence-electron chi connectivity index (χ4n) is 3.03. The summed E-state index contributed by atoms with van der Waals surface area (Å²) in [6, 6.07) is 1.04. The topological polar surface area (TPSA) is 55.6 Å². The second-order valence-electron chi connectivity index (χ2n) is 5.79. The van der Waals surface area contributed by atoms with Gasteiger partial charge in [-0.1, -0.05) is 0 Å². The van der Waals surface area contributed by atoms with Gasteiger partial charge in [0.2, 0.25) is 0 Å². The van der Waals surface area contributed by atoms with Gasteiger partial charge in [-0.15, -0.1) is 0 Å². The number of hydrogen-bond acceptors (Lipinski definition) is 4. The number of carbonyl (C=O) groups is 1. The van der Waals surface area contributed by atoms with E-state index >= 15 is 0 Å². The quantitative estimate of drug-likeness (QED) is 0.749. The van der Waals surface area contributed by atoms with Gasteiger partial charge in [-0.25, -0.2) is 0 Å². The first-order chi connectivity index (χ1) is 7.98. The van der Waals surface area contributed by atoms with Crippen molar-refractivity contribution in [2.45, 2.75) is 56.7 Å². The van der Waals surface area contributed by atoms with Crippen LogP contribution in [0.25, 0.3) is 0 Å². The van der Waals surface area contributed by atoms with Crippen molar-refractivity contribution in [3.63, 3.8) is 0 Å². The maximum absolute atomic E-state index is 11.7. The molecule has 0 saturated heterocycles. The van der Waals surface area contributed by atoms with Gasteiger partial charge in [0.15, 0.2) is 0 Å². The Bertz CT molecular complexity index is 304. The molecule has 0 radical (unpaired) electrons. The molecule has 0 aromatic heterocycles. The van der Waals surface area contributed by atoms with Gasteiger partial charge < -0.3 is 15.4 Å². The van der Waals surface area contributed by atoms with E-state index in [0.717, 1.165) is 25.2 Å². The zero-order valence-corrected chi connectivity index (χ0v) is 11.1. The number of rotatable bonds is 4. The average molecular weight is 240 g/mol. The average Bonchev–Trinajstić information content (AvgIpc) is 3.10. The number of esters is 1. The van der Waals surface area contributed by atoms with Crippen molar-refractivity contribution >= 4 is 5.97 Å². The van der Waals surface area contributed by atoms with E-state index in [1.807, 2.05) is 0 Å². The van der Waals surface area contributed by atoms with Crippen LogP contribution in [0.15, 0.2) is 0 Å². The van der Waals surface area contributed by atoms with E-state index in [1.165, 1.54) is 20.0 Å². The molecule has 0 spiro atoms. The van der Waals surface area contributed by atoms with Crippen LogP contribution in [0.1, 0.15) is 39.0 Å². The Morgan fingerprint density at radius 1 is 1.47 bits per heavy atom. The number of nitrogens with zero attached hydrogens (tertiary/aromatic N) is 1. The van der Waals surface area contributed by atoms with Crippen LogP contribution in [0.4, 0.5) is 0 Å². The molecular weight excluding hydrogens is 216 g/mol. The van der Waals surface area contributed by atoms with Crippen molar-refractivity contribution in [2.75, 3.05) is 14.2 Å². The van der Waals surface area contributed by atoms with E-state index < -0.39 is 5.54 Å². The molecule has 98 valence electrons. The molecule has 2 aliphatic carbocycles. The molecule has 0 heterocycles. The van der Waals surface area contributed by atoms with Gasteiger partial charge in [0.25, 0.3) is 0 Å². The lowest BCUT2D eigenvalue weighted by Gasteiger charge is -2.31. The number of carbonyl (C=O) groups excluding carboxylic acids is 1. The molecule has 0 aromatic carbocycles. The summed E-state index contributed by atoms with van der Waals surface area (Å²) in [4.78, 5) is 14.1. The molecule has 2 saturated carbocycles. The molecule has 2 N–H and O–H groups in total. The van der Waals surface area contributed by atoms with E-state index in [9.17, 15) is 4.79 Å². The van der Waals surface area contributed by atoms with Gasteiger partial charge in [-0.05, 0) is 52.0 Å². The highest BCUT2D eigenvalue weighted by Gasteiger charge is 2.45. The number of nitrogens with two attached hydrogens (primary N) is 1. The maximum atomic E-state index is 11.7. The Balaban J connectivity index is 1.94. The number of hydrogen-bond donors (Lipinski definition) is 1. The fraction of sp³-hybridized carbons (Fsp3) is 0.923. The van der Waals surface area contributed by atoms with Crippen LogP contribution in [-0.2, 0) is 9.53 Å². The van der Waals surface area contributed by atoms with Crippen molar-refractivity contribution in [1.82, 2.24) is 4.90 Å². The van der Waals surface area contributed by atoms with Crippen molar-refractivity contribution in [3.05, 3.63) is 0 Å². The molecule has 2 fully saturated rings. The lowest BCUT2D eigenvalue weighted by Crippen LogP contribution is -2.48. The second-order valence-corrected chi connectivity index (χ2v) is 5.79. The predicted octanol–water partition coefficient (Wildman–Crippen LogP) is 1.14. The van der Waals surface area contributed by atoms with Crippen molar-refractivity contribution < 1.29 is 9.53 Å². The van der Waals surface area contributed by atoms with Crippen LogP contribution < -0.4 is 5.73 Å². The van der Waals surface area contributed by atoms with Crippen LogP contribution in [-0.4, -0.2) is 42.6 Å². The highest BCUT2D eigenvalue weighted by atomic mass is 16.5. The first-order valence-electron chi connectivity index (χ1n) is 6.57. The molecule has 0 amide bonds. The van der Waals surface area contributed by atoms with Crippen LogP contribution in [0.5, 0.6) is 0 Å². The van der Waals surface area contributed by atoms with Gasteiger partial charge in [0.1, 0.15) is 5.54 Å². The largest absolute Gasteiger partial charge is 0.468 e. The second kappa shape index (κ2) is 4.58. The molecule has 4 heteroatoms. The van der Waals surface area contributed by atoms with Gasteiger partial charge in [0, 0.05) is 12.1 Å². The van der Waals surface area contributed by atoms with E-state index in [1.54, 1.807) is 0 Å². The minimum absolute atomic E-state index is 0.257. The highest BCUT2D eigenvalue weighted by molar-refractivity contribution is 5.81. The zero-order valence-electron chi connectivity index (χ0n) is 11.1. The van der Waals surface area contributed by atoms with Crippen LogP contribution in [0.3, 0.4) is 0 Å². The number of methoxy groups -OCH3 is 1. The highest BCUT2D eigenvalue weighted by Crippen LogP contribution is 2.39. The molecule has 3 atom stereocenters. The molecule has 17 heavy (non-hydrogen) atoms. The first kappa shape index (κ1) is 12.8. The van der Waals surface area contributed by atoms with Gasteiger partial charge in [-0.3, -0.25) is 4.79 Å². The van der Waals surface area contributed by atoms with E-state index in [2.05, 4.69) is 18.9 Å². The van der Waals surface area contributed by atoms with E-state index in [0.29, 0.717) is 12.1 Å². The Morgan fingerprint density at radius 2 is 2.12 bits per heavy atom. The summed E-state index contributed by atoms with van der Waals surface area (Å²) in [6.07, 6.45) is 5.17. The minimum atomic E-state index is -0.753. The SMILES string of the molecule is COC(=O)C1(N)CCC(N(C)C(C)C2CC2)C1. The lowest BCUT2D eigenvalue weighted by molar-refractivity contribution is -0.147. The maximum Gasteiger partial charge on any atom is 0.325 e. The third-order valence-corrected chi connectivity index (χ3v) is 4.64. The van der Waals surface area contributed by atoms with E-state index in [-0.39, 0.29) is 5.97 Å².